The third-order valence-electron chi connectivity index (χ3n) is 5.59. The molecule has 0 bridgehead atoms. The molecule has 2 aromatic rings. The van der Waals surface area contributed by atoms with E-state index in [2.05, 4.69) is 37.5 Å². The Labute approximate surface area is 157 Å². The number of rotatable bonds is 7. The van der Waals surface area contributed by atoms with Crippen LogP contribution in [0.25, 0.3) is 10.9 Å². The van der Waals surface area contributed by atoms with Crippen LogP contribution in [-0.2, 0) is 24.2 Å². The number of ether oxygens (including phenoxy) is 1. The van der Waals surface area contributed by atoms with E-state index in [4.69, 9.17) is 4.74 Å². The van der Waals surface area contributed by atoms with E-state index in [1.165, 1.54) is 29.5 Å². The van der Waals surface area contributed by atoms with E-state index in [-0.39, 0.29) is 5.91 Å². The molecule has 1 aromatic carbocycles. The number of nitrogens with zero attached hydrogens (tertiary/aromatic N) is 2. The summed E-state index contributed by atoms with van der Waals surface area (Å²) >= 11 is 0. The van der Waals surface area contributed by atoms with Crippen molar-refractivity contribution in [1.29, 1.82) is 0 Å². The van der Waals surface area contributed by atoms with Crippen molar-refractivity contribution in [3.05, 3.63) is 29.5 Å². The highest BCUT2D eigenvalue weighted by Crippen LogP contribution is 2.34. The van der Waals surface area contributed by atoms with E-state index >= 15 is 0 Å². The average molecular weight is 357 g/mol. The SMILES string of the molecule is CCN(CCC(C)C)C(=O)Cn1c2c(c3ccc(OC)cc31)CCCC2. The largest absolute Gasteiger partial charge is 0.497 e. The number of hydrogen-bond acceptors (Lipinski definition) is 2. The first-order valence-corrected chi connectivity index (χ1v) is 10.0. The summed E-state index contributed by atoms with van der Waals surface area (Å²) < 4.78 is 7.70. The second-order valence-corrected chi connectivity index (χ2v) is 7.76. The minimum absolute atomic E-state index is 0.223. The number of methoxy groups -OCH3 is 1. The highest BCUT2D eigenvalue weighted by Gasteiger charge is 2.23. The molecule has 1 heterocycles. The summed E-state index contributed by atoms with van der Waals surface area (Å²) in [6.45, 7) is 8.55. The first-order chi connectivity index (χ1) is 12.5. The summed E-state index contributed by atoms with van der Waals surface area (Å²) in [6.07, 6.45) is 5.68. The topological polar surface area (TPSA) is 34.5 Å². The molecule has 0 fully saturated rings. The lowest BCUT2D eigenvalue weighted by atomic mass is 9.95. The van der Waals surface area contributed by atoms with E-state index in [9.17, 15) is 4.79 Å². The zero-order valence-electron chi connectivity index (χ0n) is 16.7. The van der Waals surface area contributed by atoms with Gasteiger partial charge in [-0.2, -0.15) is 0 Å². The van der Waals surface area contributed by atoms with Gasteiger partial charge in [0.25, 0.3) is 0 Å². The second kappa shape index (κ2) is 8.15. The van der Waals surface area contributed by atoms with Crippen LogP contribution >= 0.6 is 0 Å². The molecule has 0 unspecified atom stereocenters. The van der Waals surface area contributed by atoms with Crippen LogP contribution < -0.4 is 4.74 Å². The summed E-state index contributed by atoms with van der Waals surface area (Å²) in [5.74, 6) is 1.69. The number of carbonyl (C=O) groups is 1. The van der Waals surface area contributed by atoms with Crippen LogP contribution in [0.3, 0.4) is 0 Å². The lowest BCUT2D eigenvalue weighted by molar-refractivity contribution is -0.131. The van der Waals surface area contributed by atoms with Crippen LogP contribution in [0, 0.1) is 5.92 Å². The van der Waals surface area contributed by atoms with Gasteiger partial charge >= 0.3 is 0 Å². The maximum Gasteiger partial charge on any atom is 0.242 e. The zero-order valence-corrected chi connectivity index (χ0v) is 16.7. The zero-order chi connectivity index (χ0) is 18.7. The lowest BCUT2D eigenvalue weighted by Gasteiger charge is -2.23. The number of hydrogen-bond donors (Lipinski definition) is 0. The third kappa shape index (κ3) is 3.74. The fraction of sp³-hybridized carbons (Fsp3) is 0.591. The molecule has 4 nitrogen and oxygen atoms in total. The number of fused-ring (bicyclic) bond motifs is 3. The Morgan fingerprint density at radius 3 is 2.73 bits per heavy atom. The molecule has 4 heteroatoms. The van der Waals surface area contributed by atoms with E-state index in [1.54, 1.807) is 7.11 Å². The monoisotopic (exact) mass is 356 g/mol. The van der Waals surface area contributed by atoms with Crippen LogP contribution in [0.5, 0.6) is 5.75 Å². The van der Waals surface area contributed by atoms with Gasteiger partial charge in [-0.05, 0) is 62.6 Å². The smallest absolute Gasteiger partial charge is 0.242 e. The van der Waals surface area contributed by atoms with E-state index in [0.717, 1.165) is 43.6 Å². The van der Waals surface area contributed by atoms with Crippen molar-refractivity contribution >= 4 is 16.8 Å². The molecule has 142 valence electrons. The molecule has 0 N–H and O–H groups in total. The highest BCUT2D eigenvalue weighted by molar-refractivity contribution is 5.89. The van der Waals surface area contributed by atoms with Crippen molar-refractivity contribution < 1.29 is 9.53 Å². The first kappa shape index (κ1) is 18.8. The van der Waals surface area contributed by atoms with Crippen molar-refractivity contribution in [2.45, 2.75) is 59.4 Å². The number of amides is 1. The molecule has 0 atom stereocenters. The molecule has 0 radical (unpaired) electrons. The molecular formula is C22H32N2O2. The molecule has 0 aliphatic heterocycles. The number of carbonyl (C=O) groups excluding carboxylic acids is 1. The number of aryl methyl sites for hydroxylation is 1. The van der Waals surface area contributed by atoms with Gasteiger partial charge in [-0.25, -0.2) is 0 Å². The molecule has 0 saturated carbocycles. The Bertz CT molecular complexity index is 776. The standard InChI is InChI=1S/C22H32N2O2/c1-5-23(13-12-16(2)3)22(25)15-24-20-9-7-6-8-18(20)19-11-10-17(26-4)14-21(19)24/h10-11,14,16H,5-9,12-13,15H2,1-4H3. The van der Waals surface area contributed by atoms with Gasteiger partial charge in [0.15, 0.2) is 0 Å². The van der Waals surface area contributed by atoms with Crippen molar-refractivity contribution in [3.63, 3.8) is 0 Å². The van der Waals surface area contributed by atoms with Crippen LogP contribution in [0.1, 0.15) is 51.3 Å². The van der Waals surface area contributed by atoms with E-state index in [1.807, 2.05) is 11.0 Å². The van der Waals surface area contributed by atoms with Gasteiger partial charge in [-0.3, -0.25) is 4.79 Å². The minimum Gasteiger partial charge on any atom is -0.497 e. The third-order valence-corrected chi connectivity index (χ3v) is 5.59. The summed E-state index contributed by atoms with van der Waals surface area (Å²) in [6, 6.07) is 6.28. The van der Waals surface area contributed by atoms with Gasteiger partial charge in [-0.15, -0.1) is 0 Å². The number of aromatic nitrogens is 1. The Morgan fingerprint density at radius 1 is 1.27 bits per heavy atom. The molecule has 0 spiro atoms. The number of likely N-dealkylation sites (N-methyl/N-ethyl adjacent to an activating group) is 1. The van der Waals surface area contributed by atoms with Crippen molar-refractivity contribution in [2.24, 2.45) is 5.92 Å². The molecule has 1 aromatic heterocycles. The fourth-order valence-electron chi connectivity index (χ4n) is 4.03. The van der Waals surface area contributed by atoms with Crippen molar-refractivity contribution in [3.8, 4) is 5.75 Å². The molecule has 1 aliphatic carbocycles. The van der Waals surface area contributed by atoms with Gasteiger partial charge in [0.2, 0.25) is 5.91 Å². The maximum atomic E-state index is 13.0. The minimum atomic E-state index is 0.223. The maximum absolute atomic E-state index is 13.0. The van der Waals surface area contributed by atoms with Crippen molar-refractivity contribution in [2.75, 3.05) is 20.2 Å². The summed E-state index contributed by atoms with van der Waals surface area (Å²) in [5.41, 5.74) is 3.93. The van der Waals surface area contributed by atoms with Crippen LogP contribution in [0.4, 0.5) is 0 Å². The Hall–Kier alpha value is -1.97. The molecular weight excluding hydrogens is 324 g/mol. The van der Waals surface area contributed by atoms with Crippen LogP contribution in [-0.4, -0.2) is 35.6 Å². The lowest BCUT2D eigenvalue weighted by Crippen LogP contribution is -2.35. The van der Waals surface area contributed by atoms with Gasteiger partial charge in [0.1, 0.15) is 12.3 Å². The fourth-order valence-corrected chi connectivity index (χ4v) is 4.03. The molecule has 3 rings (SSSR count). The summed E-state index contributed by atoms with van der Waals surface area (Å²) in [4.78, 5) is 15.0. The Balaban J connectivity index is 1.94. The van der Waals surface area contributed by atoms with E-state index < -0.39 is 0 Å². The van der Waals surface area contributed by atoms with Gasteiger partial charge < -0.3 is 14.2 Å². The molecule has 0 saturated heterocycles. The highest BCUT2D eigenvalue weighted by atomic mass is 16.5. The normalized spacial score (nSPS) is 13.9. The van der Waals surface area contributed by atoms with Crippen molar-refractivity contribution in [1.82, 2.24) is 9.47 Å². The summed E-state index contributed by atoms with van der Waals surface area (Å²) in [5, 5.41) is 1.29. The summed E-state index contributed by atoms with van der Waals surface area (Å²) in [7, 11) is 1.70. The van der Waals surface area contributed by atoms with Gasteiger partial charge in [0.05, 0.1) is 12.6 Å². The average Bonchev–Trinajstić information content (AvgIpc) is 2.95. The predicted octanol–water partition coefficient (Wildman–Crippen LogP) is 4.42. The Morgan fingerprint density at radius 2 is 2.04 bits per heavy atom. The molecule has 1 aliphatic rings. The predicted molar refractivity (Wildman–Crippen MR) is 107 cm³/mol. The first-order valence-electron chi connectivity index (χ1n) is 10.0. The second-order valence-electron chi connectivity index (χ2n) is 7.76. The quantitative estimate of drug-likeness (QED) is 0.736. The van der Waals surface area contributed by atoms with Crippen LogP contribution in [0.2, 0.25) is 0 Å². The van der Waals surface area contributed by atoms with Gasteiger partial charge in [-0.1, -0.05) is 13.8 Å². The Kier molecular flexibility index (Phi) is 5.90. The van der Waals surface area contributed by atoms with E-state index in [0.29, 0.717) is 12.5 Å². The number of benzene rings is 1. The van der Waals surface area contributed by atoms with Gasteiger partial charge in [0, 0.05) is 30.2 Å². The molecule has 26 heavy (non-hydrogen) atoms. The molecule has 1 amide bonds. The van der Waals surface area contributed by atoms with Crippen LogP contribution in [0.15, 0.2) is 18.2 Å².